The highest BCUT2D eigenvalue weighted by molar-refractivity contribution is 6.61. The van der Waals surface area contributed by atoms with Gasteiger partial charge in [-0.2, -0.15) is 0 Å². The average Bonchev–Trinajstić information content (AvgIpc) is 3.01. The molecule has 2 aromatic rings. The molecule has 1 aliphatic heterocycles. The van der Waals surface area contributed by atoms with Crippen LogP contribution < -0.4 is 15.9 Å². The number of aryl methyl sites for hydroxylation is 1. The summed E-state index contributed by atoms with van der Waals surface area (Å²) in [6.07, 6.45) is 2.09. The van der Waals surface area contributed by atoms with Crippen LogP contribution in [-0.4, -0.2) is 35.2 Å². The summed E-state index contributed by atoms with van der Waals surface area (Å²) in [5.41, 5.74) is 8.41. The number of carbonyl (C=O) groups is 1. The Kier molecular flexibility index (Phi) is 9.98. The van der Waals surface area contributed by atoms with Gasteiger partial charge < -0.3 is 24.9 Å². The lowest BCUT2D eigenvalue weighted by Crippen LogP contribution is -2.28. The fourth-order valence-corrected chi connectivity index (χ4v) is 2.69. The highest BCUT2D eigenvalue weighted by Crippen LogP contribution is 2.32. The van der Waals surface area contributed by atoms with E-state index in [9.17, 15) is 9.82 Å². The second-order valence-electron chi connectivity index (χ2n) is 5.56. The van der Waals surface area contributed by atoms with E-state index in [0.717, 1.165) is 23.0 Å². The first-order valence-electron chi connectivity index (χ1n) is 9.28. The lowest BCUT2D eigenvalue weighted by Gasteiger charge is -2.13. The first-order chi connectivity index (χ1) is 13.5. The number of hydrogen-bond acceptors (Lipinski definition) is 8. The molecule has 1 aromatic heterocycles. The second-order valence-corrected chi connectivity index (χ2v) is 5.56. The maximum atomic E-state index is 10.0. The number of rotatable bonds is 5. The maximum Gasteiger partial charge on any atom is 0.492 e. The summed E-state index contributed by atoms with van der Waals surface area (Å²) in [5.74, 6) is 1.29. The monoisotopic (exact) mass is 389 g/mol. The van der Waals surface area contributed by atoms with Crippen molar-refractivity contribution < 1.29 is 23.9 Å². The lowest BCUT2D eigenvalue weighted by molar-refractivity contribution is -0.128. The van der Waals surface area contributed by atoms with Gasteiger partial charge >= 0.3 is 7.12 Å². The van der Waals surface area contributed by atoms with Crippen LogP contribution in [0.5, 0.6) is 11.6 Å². The molecule has 1 aliphatic rings. The number of nitrogen functional groups attached to an aromatic ring is 1. The van der Waals surface area contributed by atoms with Crippen molar-refractivity contribution in [1.29, 1.82) is 0 Å². The molecule has 28 heavy (non-hydrogen) atoms. The highest BCUT2D eigenvalue weighted by Gasteiger charge is 2.35. The SMILES string of the molecule is CC.CCC1OB(O)c2cc(Oc3cc(N)ncn3)cc(C)c21.CCOC=O. The number of nitrogens with zero attached hydrogens (tertiary/aromatic N) is 2. The molecule has 9 heteroatoms. The predicted molar refractivity (Wildman–Crippen MR) is 108 cm³/mol. The van der Waals surface area contributed by atoms with E-state index in [4.69, 9.17) is 15.1 Å². The summed E-state index contributed by atoms with van der Waals surface area (Å²) in [6, 6.07) is 5.23. The van der Waals surface area contributed by atoms with Crippen molar-refractivity contribution in [2.45, 2.75) is 47.1 Å². The Bertz CT molecular complexity index is 760. The van der Waals surface area contributed by atoms with Crippen molar-refractivity contribution in [1.82, 2.24) is 9.97 Å². The van der Waals surface area contributed by atoms with Gasteiger partial charge in [-0.25, -0.2) is 9.97 Å². The van der Waals surface area contributed by atoms with Crippen molar-refractivity contribution in [3.05, 3.63) is 35.7 Å². The summed E-state index contributed by atoms with van der Waals surface area (Å²) in [4.78, 5) is 17.0. The minimum atomic E-state index is -0.914. The standard InChI is InChI=1S/C14H16BN3O3.C3H6O2.C2H6/c1-3-11-14-8(2)4-9(5-10(14)15(19)21-11)20-13-6-12(16)17-7-18-13;1-2-5-3-4;1-2/h4-7,11,19H,3H2,1-2H3,(H2,16,17,18);3H,2H2,1H3;1-2H3. The molecular formula is C19H28BN3O5. The number of hydrogen-bond donors (Lipinski definition) is 2. The molecule has 2 heterocycles. The van der Waals surface area contributed by atoms with Crippen molar-refractivity contribution >= 4 is 24.9 Å². The van der Waals surface area contributed by atoms with Gasteiger partial charge in [-0.05, 0) is 49.0 Å². The van der Waals surface area contributed by atoms with Gasteiger partial charge in [0.05, 0.1) is 12.7 Å². The zero-order valence-electron chi connectivity index (χ0n) is 17.0. The molecule has 1 unspecified atom stereocenters. The van der Waals surface area contributed by atoms with Gasteiger partial charge in [0.15, 0.2) is 0 Å². The van der Waals surface area contributed by atoms with Crippen LogP contribution in [0.4, 0.5) is 5.82 Å². The van der Waals surface area contributed by atoms with E-state index in [2.05, 4.69) is 14.7 Å². The lowest BCUT2D eigenvalue weighted by atomic mass is 9.77. The van der Waals surface area contributed by atoms with Crippen LogP contribution in [0.2, 0.25) is 0 Å². The molecule has 3 rings (SSSR count). The van der Waals surface area contributed by atoms with Gasteiger partial charge in [0.1, 0.15) is 17.9 Å². The van der Waals surface area contributed by atoms with Gasteiger partial charge in [0.2, 0.25) is 5.88 Å². The summed E-state index contributed by atoms with van der Waals surface area (Å²) in [5, 5.41) is 10.0. The van der Waals surface area contributed by atoms with Crippen LogP contribution >= 0.6 is 0 Å². The van der Waals surface area contributed by atoms with E-state index < -0.39 is 7.12 Å². The summed E-state index contributed by atoms with van der Waals surface area (Å²) < 4.78 is 15.4. The number of carbonyl (C=O) groups excluding carboxylic acids is 1. The number of fused-ring (bicyclic) bond motifs is 1. The van der Waals surface area contributed by atoms with Crippen LogP contribution in [0.3, 0.4) is 0 Å². The molecule has 0 spiro atoms. The molecule has 0 aliphatic carbocycles. The molecular weight excluding hydrogens is 361 g/mol. The smallest absolute Gasteiger partial charge is 0.468 e. The van der Waals surface area contributed by atoms with Crippen LogP contribution in [0.15, 0.2) is 24.5 Å². The Morgan fingerprint density at radius 2 is 2.00 bits per heavy atom. The predicted octanol–water partition coefficient (Wildman–Crippen LogP) is 2.53. The quantitative estimate of drug-likeness (QED) is 0.592. The number of benzene rings is 1. The van der Waals surface area contributed by atoms with Crippen LogP contribution in [0, 0.1) is 6.92 Å². The molecule has 0 radical (unpaired) electrons. The number of anilines is 1. The number of ether oxygens (including phenoxy) is 2. The van der Waals surface area contributed by atoms with E-state index in [0.29, 0.717) is 30.5 Å². The molecule has 0 saturated heterocycles. The summed E-state index contributed by atoms with van der Waals surface area (Å²) >= 11 is 0. The summed E-state index contributed by atoms with van der Waals surface area (Å²) in [7, 11) is -0.914. The van der Waals surface area contributed by atoms with Crippen LogP contribution in [-0.2, 0) is 14.2 Å². The fraction of sp³-hybridized carbons (Fsp3) is 0.421. The van der Waals surface area contributed by atoms with Crippen molar-refractivity contribution in [2.24, 2.45) is 0 Å². The fourth-order valence-electron chi connectivity index (χ4n) is 2.69. The molecule has 0 fully saturated rings. The second kappa shape index (κ2) is 11.9. The molecule has 8 nitrogen and oxygen atoms in total. The van der Waals surface area contributed by atoms with E-state index in [1.54, 1.807) is 19.1 Å². The highest BCUT2D eigenvalue weighted by atomic mass is 16.5. The summed E-state index contributed by atoms with van der Waals surface area (Å²) in [6.45, 7) is 10.7. The largest absolute Gasteiger partial charge is 0.492 e. The Morgan fingerprint density at radius 1 is 1.29 bits per heavy atom. The molecule has 152 valence electrons. The Hall–Kier alpha value is -2.65. The van der Waals surface area contributed by atoms with E-state index in [-0.39, 0.29) is 6.10 Å². The van der Waals surface area contributed by atoms with Crippen molar-refractivity contribution in [3.63, 3.8) is 0 Å². The molecule has 3 N–H and O–H groups in total. The topological polar surface area (TPSA) is 117 Å². The molecule has 0 bridgehead atoms. The van der Waals surface area contributed by atoms with Gasteiger partial charge in [-0.15, -0.1) is 0 Å². The third kappa shape index (κ3) is 6.21. The third-order valence-corrected chi connectivity index (χ3v) is 3.76. The minimum absolute atomic E-state index is 0.0706. The van der Waals surface area contributed by atoms with E-state index >= 15 is 0 Å². The minimum Gasteiger partial charge on any atom is -0.468 e. The number of aromatic nitrogens is 2. The van der Waals surface area contributed by atoms with Gasteiger partial charge in [0, 0.05) is 6.07 Å². The first kappa shape index (κ1) is 23.4. The zero-order chi connectivity index (χ0) is 21.1. The van der Waals surface area contributed by atoms with Gasteiger partial charge in [-0.1, -0.05) is 20.8 Å². The molecule has 1 aromatic carbocycles. The van der Waals surface area contributed by atoms with Gasteiger partial charge in [0.25, 0.3) is 6.47 Å². The van der Waals surface area contributed by atoms with Crippen LogP contribution in [0.1, 0.15) is 51.3 Å². The first-order valence-corrected chi connectivity index (χ1v) is 9.28. The van der Waals surface area contributed by atoms with Crippen molar-refractivity contribution in [2.75, 3.05) is 12.3 Å². The molecule has 1 atom stereocenters. The average molecular weight is 389 g/mol. The van der Waals surface area contributed by atoms with Crippen molar-refractivity contribution in [3.8, 4) is 11.6 Å². The Labute approximate surface area is 166 Å². The van der Waals surface area contributed by atoms with E-state index in [1.165, 1.54) is 6.33 Å². The van der Waals surface area contributed by atoms with Gasteiger partial charge in [-0.3, -0.25) is 4.79 Å². The number of nitrogens with two attached hydrogens (primary N) is 1. The maximum absolute atomic E-state index is 10.0. The zero-order valence-corrected chi connectivity index (χ0v) is 17.0. The van der Waals surface area contributed by atoms with E-state index in [1.807, 2.05) is 33.8 Å². The molecule has 0 saturated carbocycles. The Morgan fingerprint density at radius 3 is 2.54 bits per heavy atom. The normalized spacial score (nSPS) is 14.1. The Balaban J connectivity index is 0.000000490. The molecule has 0 amide bonds. The third-order valence-electron chi connectivity index (χ3n) is 3.76. The van der Waals surface area contributed by atoms with Crippen LogP contribution in [0.25, 0.3) is 0 Å².